The highest BCUT2D eigenvalue weighted by Gasteiger charge is 2.32. The zero-order valence-electron chi connectivity index (χ0n) is 9.55. The summed E-state index contributed by atoms with van der Waals surface area (Å²) in [5, 5.41) is 8.16. The zero-order chi connectivity index (χ0) is 12.0. The van der Waals surface area contributed by atoms with Gasteiger partial charge < -0.3 is 4.74 Å². The van der Waals surface area contributed by atoms with E-state index in [1.54, 1.807) is 6.92 Å². The molecule has 6 heteroatoms. The molecule has 0 spiro atoms. The Morgan fingerprint density at radius 1 is 1.44 bits per heavy atom. The first kappa shape index (κ1) is 13.4. The summed E-state index contributed by atoms with van der Waals surface area (Å²) in [6, 6.07) is 1.98. The molecule has 5 nitrogen and oxygen atoms in total. The fourth-order valence-electron chi connectivity index (χ4n) is 1.82. The summed E-state index contributed by atoms with van der Waals surface area (Å²) >= 11 is 0. The molecular weight excluding hydrogens is 228 g/mol. The highest BCUT2D eigenvalue weighted by Crippen LogP contribution is 2.19. The molecular formula is C10H18N2O3S. The van der Waals surface area contributed by atoms with E-state index in [2.05, 4.69) is 0 Å². The van der Waals surface area contributed by atoms with Gasteiger partial charge in [0.05, 0.1) is 11.3 Å². The van der Waals surface area contributed by atoms with Crippen LogP contribution in [0.1, 0.15) is 26.2 Å². The second-order valence-electron chi connectivity index (χ2n) is 3.76. The molecule has 1 fully saturated rings. The summed E-state index contributed by atoms with van der Waals surface area (Å²) in [6.45, 7) is 3.56. The molecule has 1 saturated heterocycles. The fourth-order valence-corrected chi connectivity index (χ4v) is 3.74. The Morgan fingerprint density at radius 3 is 2.56 bits per heavy atom. The Kier molecular flexibility index (Phi) is 5.19. The average molecular weight is 246 g/mol. The van der Waals surface area contributed by atoms with Crippen molar-refractivity contribution in [3.63, 3.8) is 0 Å². The quantitative estimate of drug-likeness (QED) is 0.717. The summed E-state index contributed by atoms with van der Waals surface area (Å²) in [6.07, 6.45) is 1.37. The molecule has 1 heterocycles. The van der Waals surface area contributed by atoms with Crippen molar-refractivity contribution >= 4 is 10.0 Å². The lowest BCUT2D eigenvalue weighted by atomic mass is 10.2. The van der Waals surface area contributed by atoms with E-state index in [4.69, 9.17) is 10.00 Å². The summed E-state index contributed by atoms with van der Waals surface area (Å²) < 4.78 is 30.9. The van der Waals surface area contributed by atoms with Gasteiger partial charge >= 0.3 is 0 Å². The first-order chi connectivity index (χ1) is 7.62. The van der Waals surface area contributed by atoms with Crippen molar-refractivity contribution in [2.24, 2.45) is 0 Å². The highest BCUT2D eigenvalue weighted by molar-refractivity contribution is 7.89. The largest absolute Gasteiger partial charge is 0.381 e. The summed E-state index contributed by atoms with van der Waals surface area (Å²) in [4.78, 5) is 0. The van der Waals surface area contributed by atoms with Crippen molar-refractivity contribution in [1.82, 2.24) is 4.31 Å². The van der Waals surface area contributed by atoms with Crippen LogP contribution in [0.4, 0.5) is 0 Å². The van der Waals surface area contributed by atoms with Gasteiger partial charge in [0.1, 0.15) is 0 Å². The normalized spacial score (nSPS) is 18.6. The maximum Gasteiger partial charge on any atom is 0.217 e. The minimum atomic E-state index is -3.24. The van der Waals surface area contributed by atoms with Gasteiger partial charge in [0.25, 0.3) is 0 Å². The third-order valence-electron chi connectivity index (χ3n) is 2.78. The van der Waals surface area contributed by atoms with E-state index in [-0.39, 0.29) is 11.7 Å². The number of nitriles is 1. The van der Waals surface area contributed by atoms with Crippen LogP contribution in [0.5, 0.6) is 0 Å². The third kappa shape index (κ3) is 3.17. The van der Waals surface area contributed by atoms with Crippen molar-refractivity contribution < 1.29 is 13.2 Å². The monoisotopic (exact) mass is 246 g/mol. The Balaban J connectivity index is 2.69. The maximum absolute atomic E-state index is 12.2. The lowest BCUT2D eigenvalue weighted by Crippen LogP contribution is -2.41. The number of hydrogen-bond acceptors (Lipinski definition) is 4. The van der Waals surface area contributed by atoms with E-state index in [9.17, 15) is 8.42 Å². The maximum atomic E-state index is 12.2. The molecule has 0 aromatic heterocycles. The Morgan fingerprint density at radius 2 is 2.06 bits per heavy atom. The molecule has 92 valence electrons. The molecule has 1 rings (SSSR count). The number of nitrogens with zero attached hydrogens (tertiary/aromatic N) is 2. The fraction of sp³-hybridized carbons (Fsp3) is 0.900. The zero-order valence-corrected chi connectivity index (χ0v) is 10.4. The van der Waals surface area contributed by atoms with Gasteiger partial charge in [-0.1, -0.05) is 6.92 Å². The molecule has 0 aliphatic carbocycles. The molecule has 0 aromatic rings. The number of rotatable bonds is 5. The molecule has 0 bridgehead atoms. The topological polar surface area (TPSA) is 70.4 Å². The minimum absolute atomic E-state index is 0.246. The van der Waals surface area contributed by atoms with Gasteiger partial charge in [-0.15, -0.1) is 0 Å². The summed E-state index contributed by atoms with van der Waals surface area (Å²) in [7, 11) is -3.24. The Hall–Kier alpha value is -0.640. The predicted molar refractivity (Wildman–Crippen MR) is 60.2 cm³/mol. The van der Waals surface area contributed by atoms with E-state index < -0.39 is 10.0 Å². The Labute approximate surface area is 97.0 Å². The lowest BCUT2D eigenvalue weighted by molar-refractivity contribution is 0.0972. The highest BCUT2D eigenvalue weighted by atomic mass is 32.2. The number of sulfonamides is 1. The first-order valence-corrected chi connectivity index (χ1v) is 7.07. The van der Waals surface area contributed by atoms with Crippen LogP contribution in [0, 0.1) is 11.3 Å². The number of ether oxygens (including phenoxy) is 1. The summed E-state index contributed by atoms with van der Waals surface area (Å²) in [5.74, 6) is 0. The summed E-state index contributed by atoms with van der Waals surface area (Å²) in [5.41, 5.74) is 0. The van der Waals surface area contributed by atoms with Crippen LogP contribution in [0.2, 0.25) is 0 Å². The van der Waals surface area contributed by atoms with Gasteiger partial charge in [-0.05, 0) is 12.8 Å². The minimum Gasteiger partial charge on any atom is -0.381 e. The average Bonchev–Trinajstić information content (AvgIpc) is 2.31. The van der Waals surface area contributed by atoms with Crippen LogP contribution in [-0.4, -0.2) is 44.3 Å². The molecule has 1 aliphatic heterocycles. The molecule has 0 saturated carbocycles. The van der Waals surface area contributed by atoms with E-state index in [0.717, 1.165) is 0 Å². The first-order valence-electron chi connectivity index (χ1n) is 5.56. The predicted octanol–water partition coefficient (Wildman–Crippen LogP) is 0.731. The van der Waals surface area contributed by atoms with Crippen LogP contribution in [0.25, 0.3) is 0 Å². The molecule has 0 amide bonds. The lowest BCUT2D eigenvalue weighted by Gasteiger charge is -2.28. The van der Waals surface area contributed by atoms with E-state index in [1.165, 1.54) is 4.31 Å². The van der Waals surface area contributed by atoms with Gasteiger partial charge in [-0.2, -0.15) is 5.26 Å². The molecule has 0 atom stereocenters. The van der Waals surface area contributed by atoms with Crippen LogP contribution < -0.4 is 0 Å². The molecule has 16 heavy (non-hydrogen) atoms. The van der Waals surface area contributed by atoms with Crippen LogP contribution in [0.3, 0.4) is 0 Å². The number of hydrogen-bond donors (Lipinski definition) is 0. The van der Waals surface area contributed by atoms with Crippen LogP contribution in [-0.2, 0) is 14.8 Å². The van der Waals surface area contributed by atoms with Crippen molar-refractivity contribution in [1.29, 1.82) is 5.26 Å². The van der Waals surface area contributed by atoms with Crippen molar-refractivity contribution in [3.8, 4) is 6.07 Å². The van der Waals surface area contributed by atoms with E-state index >= 15 is 0 Å². The van der Waals surface area contributed by atoms with E-state index in [1.807, 2.05) is 6.07 Å². The van der Waals surface area contributed by atoms with Crippen molar-refractivity contribution in [2.45, 2.75) is 31.4 Å². The van der Waals surface area contributed by atoms with Gasteiger partial charge in [0.15, 0.2) is 0 Å². The van der Waals surface area contributed by atoms with Gasteiger partial charge in [-0.25, -0.2) is 12.7 Å². The van der Waals surface area contributed by atoms with Crippen molar-refractivity contribution in [3.05, 3.63) is 0 Å². The molecule has 1 aliphatic rings. The standard InChI is InChI=1S/C10H18N2O3S/c1-2-12(7-3-6-11)16(13,14)10-4-8-15-9-5-10/h10H,2-5,7-9H2,1H3. The SMILES string of the molecule is CCN(CCC#N)S(=O)(=O)C1CCOCC1. The molecule has 0 radical (unpaired) electrons. The molecule has 0 unspecified atom stereocenters. The van der Waals surface area contributed by atoms with Crippen molar-refractivity contribution in [2.75, 3.05) is 26.3 Å². The van der Waals surface area contributed by atoms with Gasteiger partial charge in [0, 0.05) is 32.7 Å². The third-order valence-corrected chi connectivity index (χ3v) is 5.25. The van der Waals surface area contributed by atoms with Gasteiger partial charge in [-0.3, -0.25) is 0 Å². The van der Waals surface area contributed by atoms with Crippen LogP contribution >= 0.6 is 0 Å². The van der Waals surface area contributed by atoms with E-state index in [0.29, 0.717) is 39.1 Å². The smallest absolute Gasteiger partial charge is 0.217 e. The second-order valence-corrected chi connectivity index (χ2v) is 5.97. The van der Waals surface area contributed by atoms with Crippen LogP contribution in [0.15, 0.2) is 0 Å². The molecule has 0 N–H and O–H groups in total. The van der Waals surface area contributed by atoms with Gasteiger partial charge in [0.2, 0.25) is 10.0 Å². The second kappa shape index (κ2) is 6.18. The molecule has 0 aromatic carbocycles. The Bertz CT molecular complexity index is 342.